The third kappa shape index (κ3) is 3.90. The maximum Gasteiger partial charge on any atom is 0.417 e. The van der Waals surface area contributed by atoms with Crippen molar-refractivity contribution < 1.29 is 22.0 Å². The van der Waals surface area contributed by atoms with Crippen LogP contribution in [0.25, 0.3) is 22.0 Å². The van der Waals surface area contributed by atoms with Crippen molar-refractivity contribution in [2.75, 3.05) is 0 Å². The van der Waals surface area contributed by atoms with Crippen LogP contribution >= 0.6 is 0 Å². The molecule has 0 radical (unpaired) electrons. The molecule has 3 aromatic rings. The molecule has 3 rings (SSSR count). The van der Waals surface area contributed by atoms with E-state index < -0.39 is 28.9 Å². The van der Waals surface area contributed by atoms with E-state index in [0.717, 1.165) is 12.1 Å². The van der Waals surface area contributed by atoms with Crippen molar-refractivity contribution >= 4 is 10.9 Å². The molecule has 150 valence electrons. The number of benzene rings is 2. The highest BCUT2D eigenvalue weighted by Gasteiger charge is 2.35. The van der Waals surface area contributed by atoms with Gasteiger partial charge in [0.1, 0.15) is 11.6 Å². The molecule has 0 spiro atoms. The van der Waals surface area contributed by atoms with Crippen molar-refractivity contribution in [3.05, 3.63) is 59.3 Å². The summed E-state index contributed by atoms with van der Waals surface area (Å²) in [5.41, 5.74) is 5.12. The maximum atomic E-state index is 14.8. The number of rotatable bonds is 3. The van der Waals surface area contributed by atoms with Gasteiger partial charge in [-0.3, -0.25) is 0 Å². The highest BCUT2D eigenvalue weighted by Crippen LogP contribution is 2.40. The molecule has 0 atom stereocenters. The lowest BCUT2D eigenvalue weighted by atomic mass is 9.96. The van der Waals surface area contributed by atoms with Crippen molar-refractivity contribution in [2.45, 2.75) is 40.0 Å². The Bertz CT molecular complexity index is 1030. The molecule has 7 heteroatoms. The van der Waals surface area contributed by atoms with Crippen LogP contribution < -0.4 is 5.73 Å². The zero-order chi connectivity index (χ0) is 20.9. The zero-order valence-electron chi connectivity index (χ0n) is 15.8. The fourth-order valence-corrected chi connectivity index (χ4v) is 3.38. The van der Waals surface area contributed by atoms with Gasteiger partial charge in [0, 0.05) is 35.8 Å². The topological polar surface area (TPSA) is 30.9 Å². The Morgan fingerprint density at radius 1 is 0.964 bits per heavy atom. The van der Waals surface area contributed by atoms with E-state index in [1.807, 2.05) is 25.3 Å². The van der Waals surface area contributed by atoms with Crippen molar-refractivity contribution in [3.63, 3.8) is 0 Å². The lowest BCUT2D eigenvalue weighted by molar-refractivity contribution is -0.137. The number of nitrogens with two attached hydrogens (primary N) is 1. The van der Waals surface area contributed by atoms with Gasteiger partial charge in [0.2, 0.25) is 0 Å². The van der Waals surface area contributed by atoms with Gasteiger partial charge in [-0.1, -0.05) is 26.8 Å². The Morgan fingerprint density at radius 3 is 2.21 bits per heavy atom. The van der Waals surface area contributed by atoms with Gasteiger partial charge >= 0.3 is 6.18 Å². The summed E-state index contributed by atoms with van der Waals surface area (Å²) in [5.74, 6) is -1.84. The minimum atomic E-state index is -4.81. The average Bonchev–Trinajstić information content (AvgIpc) is 2.88. The van der Waals surface area contributed by atoms with E-state index in [0.29, 0.717) is 29.1 Å². The van der Waals surface area contributed by atoms with Crippen molar-refractivity contribution in [1.29, 1.82) is 0 Å². The van der Waals surface area contributed by atoms with Crippen molar-refractivity contribution in [2.24, 2.45) is 11.1 Å². The van der Waals surface area contributed by atoms with Gasteiger partial charge in [0.25, 0.3) is 0 Å². The Balaban J connectivity index is 2.29. The zero-order valence-corrected chi connectivity index (χ0v) is 15.8. The van der Waals surface area contributed by atoms with Crippen molar-refractivity contribution in [3.8, 4) is 11.1 Å². The molecule has 2 nitrogen and oxygen atoms in total. The molecule has 0 aliphatic heterocycles. The molecule has 0 saturated carbocycles. The van der Waals surface area contributed by atoms with Gasteiger partial charge in [-0.15, -0.1) is 0 Å². The lowest BCUT2D eigenvalue weighted by Gasteiger charge is -2.20. The van der Waals surface area contributed by atoms with Crippen molar-refractivity contribution in [1.82, 2.24) is 4.57 Å². The summed E-state index contributed by atoms with van der Waals surface area (Å²) in [6, 6.07) is 4.84. The van der Waals surface area contributed by atoms with Crippen LogP contribution in [0.3, 0.4) is 0 Å². The number of hydrogen-bond acceptors (Lipinski definition) is 1. The van der Waals surface area contributed by atoms with E-state index in [2.05, 4.69) is 0 Å². The fourth-order valence-electron chi connectivity index (χ4n) is 3.38. The largest absolute Gasteiger partial charge is 0.417 e. The van der Waals surface area contributed by atoms with E-state index in [4.69, 9.17) is 5.73 Å². The van der Waals surface area contributed by atoms with E-state index in [9.17, 15) is 22.0 Å². The van der Waals surface area contributed by atoms with Gasteiger partial charge in [0.05, 0.1) is 5.56 Å². The molecule has 0 aliphatic carbocycles. The first-order valence-corrected chi connectivity index (χ1v) is 8.79. The number of fused-ring (bicyclic) bond motifs is 1. The highest BCUT2D eigenvalue weighted by molar-refractivity contribution is 5.89. The summed E-state index contributed by atoms with van der Waals surface area (Å²) in [5, 5.41) is 0.559. The van der Waals surface area contributed by atoms with Crippen LogP contribution in [0.15, 0.2) is 36.5 Å². The summed E-state index contributed by atoms with van der Waals surface area (Å²) < 4.78 is 70.4. The minimum Gasteiger partial charge on any atom is -0.347 e. The monoisotopic (exact) mass is 396 g/mol. The number of halogens is 5. The van der Waals surface area contributed by atoms with Crippen LogP contribution in [0.1, 0.15) is 31.9 Å². The first-order valence-electron chi connectivity index (χ1n) is 8.79. The Hall–Kier alpha value is -2.41. The molecule has 0 fully saturated rings. The SMILES string of the molecule is CC(C)(C)Cn1cc(CN)c2cc(F)c(-c3ccc(F)cc3C(F)(F)F)cc21. The van der Waals surface area contributed by atoms with Crippen LogP contribution in [0.5, 0.6) is 0 Å². The summed E-state index contributed by atoms with van der Waals surface area (Å²) in [7, 11) is 0. The van der Waals surface area contributed by atoms with Crippen LogP contribution in [-0.2, 0) is 19.3 Å². The smallest absolute Gasteiger partial charge is 0.347 e. The molecule has 0 unspecified atom stereocenters. The summed E-state index contributed by atoms with van der Waals surface area (Å²) in [4.78, 5) is 0. The molecule has 0 aliphatic rings. The van der Waals surface area contributed by atoms with Gasteiger partial charge in [-0.2, -0.15) is 13.2 Å². The molecule has 0 amide bonds. The normalized spacial score (nSPS) is 12.8. The maximum absolute atomic E-state index is 14.8. The number of alkyl halides is 3. The third-order valence-electron chi connectivity index (χ3n) is 4.49. The van der Waals surface area contributed by atoms with E-state index in [1.165, 1.54) is 12.1 Å². The van der Waals surface area contributed by atoms with Crippen LogP contribution in [0, 0.1) is 17.0 Å². The molecule has 2 N–H and O–H groups in total. The molecule has 0 bridgehead atoms. The fraction of sp³-hybridized carbons (Fsp3) is 0.333. The predicted molar refractivity (Wildman–Crippen MR) is 99.6 cm³/mol. The summed E-state index contributed by atoms with van der Waals surface area (Å²) in [6.07, 6.45) is -3.01. The molecular weight excluding hydrogens is 375 g/mol. The van der Waals surface area contributed by atoms with E-state index in [1.54, 1.807) is 6.20 Å². The average molecular weight is 396 g/mol. The van der Waals surface area contributed by atoms with E-state index >= 15 is 0 Å². The van der Waals surface area contributed by atoms with Gasteiger partial charge < -0.3 is 10.3 Å². The standard InChI is InChI=1S/C21H21F5N2/c1-20(2,3)11-28-10-12(9-27)15-7-18(23)16(8-19(15)28)14-5-4-13(22)6-17(14)21(24,25)26/h4-8,10H,9,11,27H2,1-3H3. The molecule has 28 heavy (non-hydrogen) atoms. The molecule has 1 aromatic heterocycles. The molecular formula is C21H21F5N2. The second-order valence-corrected chi connectivity index (χ2v) is 8.08. The number of aromatic nitrogens is 1. The second kappa shape index (κ2) is 6.88. The van der Waals surface area contributed by atoms with Crippen LogP contribution in [0.4, 0.5) is 22.0 Å². The van der Waals surface area contributed by atoms with Gasteiger partial charge in [0.15, 0.2) is 0 Å². The minimum absolute atomic E-state index is 0.112. The summed E-state index contributed by atoms with van der Waals surface area (Å²) >= 11 is 0. The Labute approximate surface area is 159 Å². The predicted octanol–water partition coefficient (Wildman–Crippen LogP) is 6.11. The first kappa shape index (κ1) is 20.3. The quantitative estimate of drug-likeness (QED) is 0.532. The lowest BCUT2D eigenvalue weighted by Crippen LogP contribution is -2.14. The molecule has 0 saturated heterocycles. The Kier molecular flexibility index (Phi) is 5.00. The second-order valence-electron chi connectivity index (χ2n) is 8.08. The van der Waals surface area contributed by atoms with Crippen LogP contribution in [0.2, 0.25) is 0 Å². The van der Waals surface area contributed by atoms with Gasteiger partial charge in [-0.25, -0.2) is 8.78 Å². The first-order chi connectivity index (χ1) is 12.9. The van der Waals surface area contributed by atoms with Gasteiger partial charge in [-0.05, 0) is 40.8 Å². The molecule has 1 heterocycles. The Morgan fingerprint density at radius 2 is 1.64 bits per heavy atom. The number of nitrogens with zero attached hydrogens (tertiary/aromatic N) is 1. The molecule has 2 aromatic carbocycles. The van der Waals surface area contributed by atoms with E-state index in [-0.39, 0.29) is 17.5 Å². The third-order valence-corrected chi connectivity index (χ3v) is 4.49. The number of hydrogen-bond donors (Lipinski definition) is 1. The summed E-state index contributed by atoms with van der Waals surface area (Å²) in [6.45, 7) is 6.81. The highest BCUT2D eigenvalue weighted by atomic mass is 19.4. The van der Waals surface area contributed by atoms with Crippen LogP contribution in [-0.4, -0.2) is 4.57 Å².